The maximum absolute atomic E-state index is 12.0. The Kier molecular flexibility index (Phi) is 4.74. The van der Waals surface area contributed by atoms with E-state index in [0.29, 0.717) is 0 Å². The number of para-hydroxylation sites is 1. The third kappa shape index (κ3) is 4.86. The number of nitrogens with zero attached hydrogens (tertiary/aromatic N) is 1. The van der Waals surface area contributed by atoms with Gasteiger partial charge in [0.15, 0.2) is 5.84 Å². The van der Waals surface area contributed by atoms with E-state index in [-0.39, 0.29) is 17.1 Å². The molecular formula is C11H12F3N3O2. The number of nitrogens with two attached hydrogens (primary N) is 1. The number of amides is 1. The van der Waals surface area contributed by atoms with Gasteiger partial charge in [-0.1, -0.05) is 17.3 Å². The molecule has 0 spiro atoms. The highest BCUT2D eigenvalue weighted by atomic mass is 19.4. The summed E-state index contributed by atoms with van der Waals surface area (Å²) in [6.07, 6.45) is -6.28. The molecule has 1 rings (SSSR count). The molecule has 0 saturated carbocycles. The number of carbonyl (C=O) groups is 1. The molecule has 19 heavy (non-hydrogen) atoms. The van der Waals surface area contributed by atoms with Gasteiger partial charge in [-0.2, -0.15) is 13.2 Å². The van der Waals surface area contributed by atoms with Crippen LogP contribution in [0.3, 0.4) is 0 Å². The summed E-state index contributed by atoms with van der Waals surface area (Å²) in [6, 6.07) is 6.06. The van der Waals surface area contributed by atoms with Crippen molar-refractivity contribution in [1.29, 1.82) is 0 Å². The van der Waals surface area contributed by atoms with Crippen LogP contribution in [0.5, 0.6) is 0 Å². The first-order chi connectivity index (χ1) is 8.83. The zero-order valence-corrected chi connectivity index (χ0v) is 9.74. The fraction of sp³-hybridized carbons (Fsp3) is 0.273. The van der Waals surface area contributed by atoms with Gasteiger partial charge in [-0.25, -0.2) is 0 Å². The molecular weight excluding hydrogens is 263 g/mol. The van der Waals surface area contributed by atoms with E-state index in [0.717, 1.165) is 0 Å². The molecule has 1 aromatic rings. The second-order valence-corrected chi connectivity index (χ2v) is 3.69. The minimum atomic E-state index is -4.39. The number of oxime groups is 1. The molecule has 0 bridgehead atoms. The highest BCUT2D eigenvalue weighted by Gasteiger charge is 2.28. The molecule has 0 fully saturated rings. The molecule has 0 saturated heterocycles. The van der Waals surface area contributed by atoms with Crippen molar-refractivity contribution in [2.45, 2.75) is 19.0 Å². The number of hydrogen-bond donors (Lipinski definition) is 3. The molecule has 0 aromatic heterocycles. The third-order valence-corrected chi connectivity index (χ3v) is 2.22. The SMILES string of the molecule is NC(=NO)c1ccccc1NC(=O)CCC(F)(F)F. The lowest BCUT2D eigenvalue weighted by molar-refractivity contribution is -0.142. The van der Waals surface area contributed by atoms with Crippen molar-refractivity contribution in [2.24, 2.45) is 10.9 Å². The Morgan fingerprint density at radius 2 is 2.00 bits per heavy atom. The predicted molar refractivity (Wildman–Crippen MR) is 62.9 cm³/mol. The van der Waals surface area contributed by atoms with Gasteiger partial charge < -0.3 is 16.3 Å². The highest BCUT2D eigenvalue weighted by molar-refractivity contribution is 6.05. The van der Waals surface area contributed by atoms with Gasteiger partial charge in [0.1, 0.15) is 0 Å². The fourth-order valence-electron chi connectivity index (χ4n) is 1.34. The van der Waals surface area contributed by atoms with Crippen molar-refractivity contribution in [3.05, 3.63) is 29.8 Å². The largest absolute Gasteiger partial charge is 0.409 e. The van der Waals surface area contributed by atoms with Crippen LogP contribution in [0, 0.1) is 0 Å². The first-order valence-electron chi connectivity index (χ1n) is 5.27. The first kappa shape index (κ1) is 14.8. The molecule has 0 aliphatic rings. The topological polar surface area (TPSA) is 87.7 Å². The first-order valence-corrected chi connectivity index (χ1v) is 5.27. The Balaban J connectivity index is 2.75. The van der Waals surface area contributed by atoms with Crippen LogP contribution in [-0.2, 0) is 4.79 Å². The van der Waals surface area contributed by atoms with E-state index < -0.39 is 24.9 Å². The van der Waals surface area contributed by atoms with E-state index in [1.54, 1.807) is 12.1 Å². The van der Waals surface area contributed by atoms with Crippen LogP contribution < -0.4 is 11.1 Å². The molecule has 5 nitrogen and oxygen atoms in total. The van der Waals surface area contributed by atoms with Crippen LogP contribution >= 0.6 is 0 Å². The van der Waals surface area contributed by atoms with Crippen LogP contribution in [0.15, 0.2) is 29.4 Å². The highest BCUT2D eigenvalue weighted by Crippen LogP contribution is 2.22. The molecule has 1 amide bonds. The van der Waals surface area contributed by atoms with E-state index in [4.69, 9.17) is 10.9 Å². The maximum Gasteiger partial charge on any atom is 0.389 e. The Morgan fingerprint density at radius 1 is 1.37 bits per heavy atom. The minimum absolute atomic E-state index is 0.185. The molecule has 0 atom stereocenters. The van der Waals surface area contributed by atoms with Crippen molar-refractivity contribution < 1.29 is 23.2 Å². The smallest absolute Gasteiger partial charge is 0.389 e. The van der Waals surface area contributed by atoms with Gasteiger partial charge in [0, 0.05) is 12.0 Å². The van der Waals surface area contributed by atoms with E-state index in [1.165, 1.54) is 12.1 Å². The van der Waals surface area contributed by atoms with Crippen LogP contribution in [0.25, 0.3) is 0 Å². The minimum Gasteiger partial charge on any atom is -0.409 e. The lowest BCUT2D eigenvalue weighted by Gasteiger charge is -2.10. The van der Waals surface area contributed by atoms with Crippen molar-refractivity contribution in [2.75, 3.05) is 5.32 Å². The van der Waals surface area contributed by atoms with E-state index in [1.807, 2.05) is 0 Å². The number of rotatable bonds is 4. The van der Waals surface area contributed by atoms with Crippen LogP contribution in [0.2, 0.25) is 0 Å². The van der Waals surface area contributed by atoms with Crippen LogP contribution in [0.4, 0.5) is 18.9 Å². The van der Waals surface area contributed by atoms with Crippen LogP contribution in [-0.4, -0.2) is 23.1 Å². The second-order valence-electron chi connectivity index (χ2n) is 3.69. The Hall–Kier alpha value is -2.25. The van der Waals surface area contributed by atoms with E-state index in [2.05, 4.69) is 10.5 Å². The summed E-state index contributed by atoms with van der Waals surface area (Å²) >= 11 is 0. The summed E-state index contributed by atoms with van der Waals surface area (Å²) in [5, 5.41) is 13.6. The van der Waals surface area contributed by atoms with Crippen molar-refractivity contribution in [3.63, 3.8) is 0 Å². The zero-order chi connectivity index (χ0) is 14.5. The molecule has 0 heterocycles. The van der Waals surface area contributed by atoms with Gasteiger partial charge in [0.25, 0.3) is 0 Å². The predicted octanol–water partition coefficient (Wildman–Crippen LogP) is 2.06. The number of alkyl halides is 3. The molecule has 0 unspecified atom stereocenters. The number of nitrogens with one attached hydrogen (secondary N) is 1. The fourth-order valence-corrected chi connectivity index (χ4v) is 1.34. The molecule has 4 N–H and O–H groups in total. The average Bonchev–Trinajstić information content (AvgIpc) is 2.35. The standard InChI is InChI=1S/C11H12F3N3O2/c12-11(13,14)6-5-9(18)16-8-4-2-1-3-7(8)10(15)17-19/h1-4,19H,5-6H2,(H2,15,17)(H,16,18). The summed E-state index contributed by atoms with van der Waals surface area (Å²) in [7, 11) is 0. The van der Waals surface area contributed by atoms with Gasteiger partial charge in [0.05, 0.1) is 12.1 Å². The molecule has 8 heteroatoms. The van der Waals surface area contributed by atoms with Crippen LogP contribution in [0.1, 0.15) is 18.4 Å². The Labute approximate surface area is 106 Å². The van der Waals surface area contributed by atoms with Gasteiger partial charge >= 0.3 is 6.18 Å². The Bertz CT molecular complexity index is 486. The summed E-state index contributed by atoms with van der Waals surface area (Å²) in [5.74, 6) is -1.04. The normalized spacial score (nSPS) is 12.3. The summed E-state index contributed by atoms with van der Waals surface area (Å²) in [5.41, 5.74) is 5.80. The van der Waals surface area contributed by atoms with Gasteiger partial charge in [-0.3, -0.25) is 4.79 Å². The molecule has 0 aliphatic heterocycles. The number of hydrogen-bond acceptors (Lipinski definition) is 3. The summed E-state index contributed by atoms with van der Waals surface area (Å²) in [4.78, 5) is 11.4. The quantitative estimate of drug-likeness (QED) is 0.340. The number of amidine groups is 1. The second kappa shape index (κ2) is 6.07. The van der Waals surface area contributed by atoms with E-state index in [9.17, 15) is 18.0 Å². The number of benzene rings is 1. The van der Waals surface area contributed by atoms with Crippen molar-refractivity contribution in [3.8, 4) is 0 Å². The lowest BCUT2D eigenvalue weighted by atomic mass is 10.1. The van der Waals surface area contributed by atoms with Crippen molar-refractivity contribution >= 4 is 17.4 Å². The Morgan fingerprint density at radius 3 is 2.58 bits per heavy atom. The van der Waals surface area contributed by atoms with Crippen molar-refractivity contribution in [1.82, 2.24) is 0 Å². The average molecular weight is 275 g/mol. The number of carbonyl (C=O) groups excluding carboxylic acids is 1. The monoisotopic (exact) mass is 275 g/mol. The zero-order valence-electron chi connectivity index (χ0n) is 9.74. The van der Waals surface area contributed by atoms with Gasteiger partial charge in [-0.05, 0) is 12.1 Å². The van der Waals surface area contributed by atoms with Gasteiger partial charge in [0.2, 0.25) is 5.91 Å². The van der Waals surface area contributed by atoms with Gasteiger partial charge in [-0.15, -0.1) is 0 Å². The lowest BCUT2D eigenvalue weighted by Crippen LogP contribution is -2.20. The maximum atomic E-state index is 12.0. The number of halogens is 3. The number of anilines is 1. The molecule has 0 radical (unpaired) electrons. The molecule has 104 valence electrons. The summed E-state index contributed by atoms with van der Waals surface area (Å²) in [6.45, 7) is 0. The molecule has 0 aliphatic carbocycles. The third-order valence-electron chi connectivity index (χ3n) is 2.22. The van der Waals surface area contributed by atoms with E-state index >= 15 is 0 Å². The molecule has 1 aromatic carbocycles. The summed E-state index contributed by atoms with van der Waals surface area (Å²) < 4.78 is 35.9.